The molecule has 0 aliphatic carbocycles. The Morgan fingerprint density at radius 1 is 0.271 bits per heavy atom. The Bertz CT molecular complexity index is 3140. The van der Waals surface area contributed by atoms with Crippen LogP contribution in [0.5, 0.6) is 0 Å². The van der Waals surface area contributed by atoms with Crippen LogP contribution in [0.4, 0.5) is 51.2 Å². The molecule has 5 heteroatoms. The fourth-order valence-electron chi connectivity index (χ4n) is 8.33. The lowest BCUT2D eigenvalue weighted by Crippen LogP contribution is -2.17. The predicted octanol–water partition coefficient (Wildman–Crippen LogP) is 16.4. The van der Waals surface area contributed by atoms with E-state index in [1.165, 1.54) is 20.2 Å². The van der Waals surface area contributed by atoms with Crippen molar-refractivity contribution in [3.8, 4) is 0 Å². The van der Waals surface area contributed by atoms with Gasteiger partial charge in [-0.15, -0.1) is 11.3 Å². The summed E-state index contributed by atoms with van der Waals surface area (Å²) in [4.78, 5) is 7.07. The van der Waals surface area contributed by atoms with Crippen LogP contribution >= 0.6 is 11.3 Å². The molecule has 0 fully saturated rings. The van der Waals surface area contributed by atoms with Crippen LogP contribution in [0.2, 0.25) is 0 Å². The first-order chi connectivity index (χ1) is 29.3. The van der Waals surface area contributed by atoms with Crippen LogP contribution in [-0.4, -0.2) is 0 Å². The lowest BCUT2D eigenvalue weighted by Gasteiger charge is -2.33. The molecule has 0 amide bonds. The van der Waals surface area contributed by atoms with Crippen molar-refractivity contribution in [2.45, 2.75) is 0 Å². The van der Waals surface area contributed by atoms with E-state index in [9.17, 15) is 0 Å². The molecule has 0 aliphatic rings. The van der Waals surface area contributed by atoms with Gasteiger partial charge in [0.2, 0.25) is 0 Å². The number of furan rings is 1. The molecule has 0 radical (unpaired) electrons. The molecule has 0 aliphatic heterocycles. The Morgan fingerprint density at radius 3 is 1.31 bits per heavy atom. The fourth-order valence-corrected chi connectivity index (χ4v) is 9.45. The first-order valence-electron chi connectivity index (χ1n) is 19.8. The monoisotopic (exact) mass is 775 g/mol. The van der Waals surface area contributed by atoms with Gasteiger partial charge in [-0.2, -0.15) is 0 Å². The molecular weight excluding hydrogens is 739 g/mol. The van der Waals surface area contributed by atoms with Crippen LogP contribution in [0, 0.1) is 0 Å². The SMILES string of the molecule is c1ccc(N(c2ccccc2)c2ccc3sc4cc(N(c5ccccc5)c5cc6c(cc5N(c5ccccc5)c5ccccc5)oc5ccccc56)ccc4c3c2)cc1. The van der Waals surface area contributed by atoms with Crippen molar-refractivity contribution in [3.63, 3.8) is 0 Å². The zero-order valence-corrected chi connectivity index (χ0v) is 32.8. The van der Waals surface area contributed by atoms with E-state index in [0.29, 0.717) is 0 Å². The van der Waals surface area contributed by atoms with E-state index in [-0.39, 0.29) is 0 Å². The Balaban J connectivity index is 1.13. The smallest absolute Gasteiger partial charge is 0.137 e. The van der Waals surface area contributed by atoms with Crippen molar-refractivity contribution >= 4 is 105 Å². The summed E-state index contributed by atoms with van der Waals surface area (Å²) in [5.41, 5.74) is 11.3. The predicted molar refractivity (Wildman–Crippen MR) is 251 cm³/mol. The zero-order chi connectivity index (χ0) is 39.1. The maximum atomic E-state index is 6.59. The van der Waals surface area contributed by atoms with Gasteiger partial charge in [-0.1, -0.05) is 115 Å². The third kappa shape index (κ3) is 6.25. The minimum atomic E-state index is 0.839. The second-order valence-electron chi connectivity index (χ2n) is 14.6. The van der Waals surface area contributed by atoms with E-state index >= 15 is 0 Å². The van der Waals surface area contributed by atoms with Crippen LogP contribution in [0.1, 0.15) is 0 Å². The number of anilines is 9. The second-order valence-corrected chi connectivity index (χ2v) is 15.7. The van der Waals surface area contributed by atoms with Gasteiger partial charge in [-0.25, -0.2) is 0 Å². The molecule has 9 aromatic carbocycles. The van der Waals surface area contributed by atoms with Crippen molar-refractivity contribution in [1.82, 2.24) is 0 Å². The number of benzene rings is 9. The van der Waals surface area contributed by atoms with E-state index in [1.807, 2.05) is 17.4 Å². The summed E-state index contributed by atoms with van der Waals surface area (Å²) in [6.45, 7) is 0. The van der Waals surface area contributed by atoms with Gasteiger partial charge in [0.15, 0.2) is 0 Å². The van der Waals surface area contributed by atoms with E-state index in [0.717, 1.165) is 73.1 Å². The Kier molecular flexibility index (Phi) is 8.64. The minimum Gasteiger partial charge on any atom is -0.456 e. The summed E-state index contributed by atoms with van der Waals surface area (Å²) in [5.74, 6) is 0. The maximum Gasteiger partial charge on any atom is 0.137 e. The quantitative estimate of drug-likeness (QED) is 0.146. The summed E-state index contributed by atoms with van der Waals surface area (Å²) >= 11 is 1.84. The summed E-state index contributed by atoms with van der Waals surface area (Å²) in [6, 6.07) is 79.7. The van der Waals surface area contributed by atoms with Crippen molar-refractivity contribution in [1.29, 1.82) is 0 Å². The molecule has 0 bridgehead atoms. The molecule has 11 aromatic rings. The highest BCUT2D eigenvalue weighted by atomic mass is 32.1. The first-order valence-corrected chi connectivity index (χ1v) is 20.7. The molecule has 0 atom stereocenters. The van der Waals surface area contributed by atoms with Crippen LogP contribution in [-0.2, 0) is 0 Å². The molecule has 2 heterocycles. The molecule has 0 spiro atoms. The van der Waals surface area contributed by atoms with Crippen LogP contribution in [0.25, 0.3) is 42.1 Å². The molecule has 0 unspecified atom stereocenters. The highest BCUT2D eigenvalue weighted by Gasteiger charge is 2.25. The molecule has 11 rings (SSSR count). The third-order valence-corrected chi connectivity index (χ3v) is 12.1. The summed E-state index contributed by atoms with van der Waals surface area (Å²) in [5, 5.41) is 4.63. The summed E-state index contributed by atoms with van der Waals surface area (Å²) < 4.78 is 9.06. The standard InChI is InChI=1S/C54H37N3OS/c1-6-18-38(19-7-1)55(39-20-8-2-9-21-39)43-31-33-53-48(34-43)46-32-30-44(35-54(46)59-53)57(42-26-14-5-15-27-42)49-36-47-45-28-16-17-29-51(45)58-52(47)37-50(49)56(40-22-10-3-11-23-40)41-24-12-4-13-25-41/h1-37H. The third-order valence-electron chi connectivity index (χ3n) is 11.0. The minimum absolute atomic E-state index is 0.839. The van der Waals surface area contributed by atoms with Gasteiger partial charge in [0.25, 0.3) is 0 Å². The average Bonchev–Trinajstić information content (AvgIpc) is 3.86. The Hall–Kier alpha value is -7.60. The van der Waals surface area contributed by atoms with E-state index < -0.39 is 0 Å². The number of fused-ring (bicyclic) bond motifs is 6. The summed E-state index contributed by atoms with van der Waals surface area (Å²) in [7, 11) is 0. The van der Waals surface area contributed by atoms with Gasteiger partial charge in [0, 0.05) is 76.8 Å². The number of rotatable bonds is 9. The molecule has 0 saturated heterocycles. The molecule has 59 heavy (non-hydrogen) atoms. The van der Waals surface area contributed by atoms with Crippen molar-refractivity contribution in [3.05, 3.63) is 224 Å². The Labute approximate surface area is 346 Å². The lowest BCUT2D eigenvalue weighted by molar-refractivity contribution is 0.669. The normalized spacial score (nSPS) is 11.4. The van der Waals surface area contributed by atoms with Crippen molar-refractivity contribution < 1.29 is 4.42 Å². The lowest BCUT2D eigenvalue weighted by atomic mass is 10.1. The van der Waals surface area contributed by atoms with Crippen molar-refractivity contribution in [2.24, 2.45) is 0 Å². The molecule has 4 nitrogen and oxygen atoms in total. The van der Waals surface area contributed by atoms with Crippen LogP contribution in [0.3, 0.4) is 0 Å². The summed E-state index contributed by atoms with van der Waals surface area (Å²) in [6.07, 6.45) is 0. The number of hydrogen-bond donors (Lipinski definition) is 0. The van der Waals surface area contributed by atoms with E-state index in [4.69, 9.17) is 4.42 Å². The molecule has 0 saturated carbocycles. The topological polar surface area (TPSA) is 22.9 Å². The number of thiophene rings is 1. The average molecular weight is 776 g/mol. The fraction of sp³-hybridized carbons (Fsp3) is 0. The van der Waals surface area contributed by atoms with E-state index in [1.54, 1.807) is 0 Å². The van der Waals surface area contributed by atoms with Crippen LogP contribution < -0.4 is 14.7 Å². The number of para-hydroxylation sites is 6. The van der Waals surface area contributed by atoms with Crippen LogP contribution in [0.15, 0.2) is 229 Å². The number of hydrogen-bond acceptors (Lipinski definition) is 5. The van der Waals surface area contributed by atoms with Gasteiger partial charge in [-0.3, -0.25) is 0 Å². The molecular formula is C54H37N3OS. The molecule has 2 aromatic heterocycles. The van der Waals surface area contributed by atoms with Gasteiger partial charge < -0.3 is 19.1 Å². The van der Waals surface area contributed by atoms with Crippen molar-refractivity contribution in [2.75, 3.05) is 14.7 Å². The van der Waals surface area contributed by atoms with Gasteiger partial charge in [0.1, 0.15) is 11.2 Å². The largest absolute Gasteiger partial charge is 0.456 e. The van der Waals surface area contributed by atoms with Gasteiger partial charge in [0.05, 0.1) is 11.4 Å². The second kappa shape index (κ2) is 14.7. The van der Waals surface area contributed by atoms with E-state index in [2.05, 4.69) is 233 Å². The van der Waals surface area contributed by atoms with Gasteiger partial charge in [-0.05, 0) is 103 Å². The highest BCUT2D eigenvalue weighted by molar-refractivity contribution is 7.25. The first kappa shape index (κ1) is 34.6. The molecule has 0 N–H and O–H groups in total. The Morgan fingerprint density at radius 2 is 0.729 bits per heavy atom. The highest BCUT2D eigenvalue weighted by Crippen LogP contribution is 2.50. The van der Waals surface area contributed by atoms with Gasteiger partial charge >= 0.3 is 0 Å². The number of nitrogens with zero attached hydrogens (tertiary/aromatic N) is 3. The molecule has 280 valence electrons. The maximum absolute atomic E-state index is 6.59. The zero-order valence-electron chi connectivity index (χ0n) is 32.0.